The molecule has 2 rings (SSSR count). The Morgan fingerprint density at radius 2 is 2.12 bits per heavy atom. The number of carbonyl (C=O) groups is 1. The molecule has 92 valence electrons. The number of nitrogens with one attached hydrogen (secondary N) is 1. The first-order chi connectivity index (χ1) is 7.81. The molecule has 4 heteroatoms. The predicted molar refractivity (Wildman–Crippen MR) is 62.2 cm³/mol. The van der Waals surface area contributed by atoms with Gasteiger partial charge in [0, 0.05) is 19.7 Å². The van der Waals surface area contributed by atoms with E-state index in [9.17, 15) is 4.79 Å². The summed E-state index contributed by atoms with van der Waals surface area (Å²) in [6.07, 6.45) is 3.19. The molecule has 1 atom stereocenters. The zero-order valence-corrected chi connectivity index (χ0v) is 10.1. The van der Waals surface area contributed by atoms with Crippen LogP contribution in [0.1, 0.15) is 19.3 Å². The van der Waals surface area contributed by atoms with Gasteiger partial charge in [0.05, 0.1) is 12.5 Å². The van der Waals surface area contributed by atoms with Crippen LogP contribution < -0.4 is 5.32 Å². The molecule has 0 bridgehead atoms. The monoisotopic (exact) mass is 226 g/mol. The number of rotatable bonds is 3. The summed E-state index contributed by atoms with van der Waals surface area (Å²) in [7, 11) is 1.99. The minimum absolute atomic E-state index is 0.140. The molecule has 0 radical (unpaired) electrons. The SMILES string of the molecule is CNCC1CCN(C(=O)C2CCOC2)CC1. The second kappa shape index (κ2) is 5.64. The third-order valence-corrected chi connectivity index (χ3v) is 3.70. The van der Waals surface area contributed by atoms with Crippen molar-refractivity contribution in [3.05, 3.63) is 0 Å². The molecule has 1 amide bonds. The maximum Gasteiger partial charge on any atom is 0.228 e. The Hall–Kier alpha value is -0.610. The van der Waals surface area contributed by atoms with Gasteiger partial charge in [-0.3, -0.25) is 4.79 Å². The van der Waals surface area contributed by atoms with Gasteiger partial charge in [0.15, 0.2) is 0 Å². The molecule has 0 aliphatic carbocycles. The maximum absolute atomic E-state index is 12.1. The Bertz CT molecular complexity index is 231. The minimum Gasteiger partial charge on any atom is -0.381 e. The Morgan fingerprint density at radius 1 is 1.38 bits per heavy atom. The van der Waals surface area contributed by atoms with Gasteiger partial charge in [-0.05, 0) is 38.8 Å². The Kier molecular flexibility index (Phi) is 4.18. The molecule has 4 nitrogen and oxygen atoms in total. The second-order valence-corrected chi connectivity index (χ2v) is 4.89. The van der Waals surface area contributed by atoms with Crippen molar-refractivity contribution < 1.29 is 9.53 Å². The van der Waals surface area contributed by atoms with Gasteiger partial charge in [-0.2, -0.15) is 0 Å². The summed E-state index contributed by atoms with van der Waals surface area (Å²) in [5.74, 6) is 1.20. The van der Waals surface area contributed by atoms with Gasteiger partial charge in [-0.25, -0.2) is 0 Å². The summed E-state index contributed by atoms with van der Waals surface area (Å²) in [6.45, 7) is 4.33. The minimum atomic E-state index is 0.140. The molecule has 2 aliphatic heterocycles. The Balaban J connectivity index is 1.77. The average molecular weight is 226 g/mol. The summed E-state index contributed by atoms with van der Waals surface area (Å²) in [4.78, 5) is 14.1. The van der Waals surface area contributed by atoms with Gasteiger partial charge in [-0.15, -0.1) is 0 Å². The van der Waals surface area contributed by atoms with E-state index in [4.69, 9.17) is 4.74 Å². The second-order valence-electron chi connectivity index (χ2n) is 4.89. The largest absolute Gasteiger partial charge is 0.381 e. The van der Waals surface area contributed by atoms with Crippen LogP contribution in [0.5, 0.6) is 0 Å². The molecule has 0 saturated carbocycles. The van der Waals surface area contributed by atoms with Crippen LogP contribution in [0.25, 0.3) is 0 Å². The van der Waals surface area contributed by atoms with Crippen LogP contribution in [-0.2, 0) is 9.53 Å². The summed E-state index contributed by atoms with van der Waals surface area (Å²) >= 11 is 0. The van der Waals surface area contributed by atoms with Crippen LogP contribution >= 0.6 is 0 Å². The van der Waals surface area contributed by atoms with Gasteiger partial charge in [0.25, 0.3) is 0 Å². The average Bonchev–Trinajstić information content (AvgIpc) is 2.83. The molecule has 0 spiro atoms. The van der Waals surface area contributed by atoms with E-state index in [2.05, 4.69) is 5.32 Å². The molecule has 16 heavy (non-hydrogen) atoms. The smallest absolute Gasteiger partial charge is 0.228 e. The molecule has 1 N–H and O–H groups in total. The van der Waals surface area contributed by atoms with Gasteiger partial charge in [-0.1, -0.05) is 0 Å². The molecule has 0 aromatic rings. The van der Waals surface area contributed by atoms with E-state index < -0.39 is 0 Å². The highest BCUT2D eigenvalue weighted by Crippen LogP contribution is 2.21. The fourth-order valence-electron chi connectivity index (χ4n) is 2.63. The van der Waals surface area contributed by atoms with Crippen LogP contribution in [0.4, 0.5) is 0 Å². The van der Waals surface area contributed by atoms with E-state index in [1.807, 2.05) is 11.9 Å². The number of likely N-dealkylation sites (tertiary alicyclic amines) is 1. The lowest BCUT2D eigenvalue weighted by atomic mass is 9.95. The van der Waals surface area contributed by atoms with Crippen LogP contribution in [0.3, 0.4) is 0 Å². The zero-order valence-electron chi connectivity index (χ0n) is 10.1. The summed E-state index contributed by atoms with van der Waals surface area (Å²) in [6, 6.07) is 0. The summed E-state index contributed by atoms with van der Waals surface area (Å²) < 4.78 is 5.27. The first-order valence-electron chi connectivity index (χ1n) is 6.32. The maximum atomic E-state index is 12.1. The standard InChI is InChI=1S/C12H22N2O2/c1-13-8-10-2-5-14(6-3-10)12(15)11-4-7-16-9-11/h10-11,13H,2-9H2,1H3. The van der Waals surface area contributed by atoms with Gasteiger partial charge in [0.1, 0.15) is 0 Å². The zero-order chi connectivity index (χ0) is 11.4. The number of nitrogens with zero attached hydrogens (tertiary/aromatic N) is 1. The number of hydrogen-bond acceptors (Lipinski definition) is 3. The van der Waals surface area contributed by atoms with Crippen molar-refractivity contribution in [2.75, 3.05) is 39.9 Å². The van der Waals surface area contributed by atoms with E-state index in [0.29, 0.717) is 12.5 Å². The van der Waals surface area contributed by atoms with E-state index in [1.54, 1.807) is 0 Å². The van der Waals surface area contributed by atoms with Gasteiger partial charge < -0.3 is 15.0 Å². The molecule has 0 aromatic heterocycles. The third-order valence-electron chi connectivity index (χ3n) is 3.70. The molecule has 0 aromatic carbocycles. The number of piperidine rings is 1. The summed E-state index contributed by atoms with van der Waals surface area (Å²) in [5.41, 5.74) is 0. The van der Waals surface area contributed by atoms with Gasteiger partial charge in [0.2, 0.25) is 5.91 Å². The van der Waals surface area contributed by atoms with Crippen LogP contribution in [0, 0.1) is 11.8 Å². The third kappa shape index (κ3) is 2.74. The summed E-state index contributed by atoms with van der Waals surface area (Å²) in [5, 5.41) is 3.21. The van der Waals surface area contributed by atoms with Crippen molar-refractivity contribution in [1.82, 2.24) is 10.2 Å². The molecule has 2 saturated heterocycles. The number of ether oxygens (including phenoxy) is 1. The van der Waals surface area contributed by atoms with Crippen LogP contribution in [-0.4, -0.2) is 50.7 Å². The van der Waals surface area contributed by atoms with E-state index >= 15 is 0 Å². The van der Waals surface area contributed by atoms with Crippen molar-refractivity contribution in [2.45, 2.75) is 19.3 Å². The highest BCUT2D eigenvalue weighted by atomic mass is 16.5. The first kappa shape index (κ1) is 11.9. The number of hydrogen-bond donors (Lipinski definition) is 1. The van der Waals surface area contributed by atoms with Crippen LogP contribution in [0.2, 0.25) is 0 Å². The van der Waals surface area contributed by atoms with Crippen molar-refractivity contribution in [1.29, 1.82) is 0 Å². The lowest BCUT2D eigenvalue weighted by Gasteiger charge is -2.33. The first-order valence-corrected chi connectivity index (χ1v) is 6.32. The lowest BCUT2D eigenvalue weighted by Crippen LogP contribution is -2.43. The number of amides is 1. The fourth-order valence-corrected chi connectivity index (χ4v) is 2.63. The van der Waals surface area contributed by atoms with Crippen molar-refractivity contribution >= 4 is 5.91 Å². The highest BCUT2D eigenvalue weighted by Gasteiger charge is 2.30. The normalized spacial score (nSPS) is 27.3. The molecular formula is C12H22N2O2. The molecular weight excluding hydrogens is 204 g/mol. The quantitative estimate of drug-likeness (QED) is 0.761. The van der Waals surface area contributed by atoms with Crippen molar-refractivity contribution in [3.63, 3.8) is 0 Å². The number of carbonyl (C=O) groups excluding carboxylic acids is 1. The Morgan fingerprint density at radius 3 is 2.69 bits per heavy atom. The molecule has 2 heterocycles. The van der Waals surface area contributed by atoms with E-state index in [0.717, 1.165) is 51.4 Å². The molecule has 2 aliphatic rings. The lowest BCUT2D eigenvalue weighted by molar-refractivity contribution is -0.136. The fraction of sp³-hybridized carbons (Fsp3) is 0.917. The topological polar surface area (TPSA) is 41.6 Å². The van der Waals surface area contributed by atoms with Crippen LogP contribution in [0.15, 0.2) is 0 Å². The molecule has 2 fully saturated rings. The molecule has 1 unspecified atom stereocenters. The van der Waals surface area contributed by atoms with Gasteiger partial charge >= 0.3 is 0 Å². The predicted octanol–water partition coefficient (Wildman–Crippen LogP) is 0.481. The Labute approximate surface area is 97.3 Å². The van der Waals surface area contributed by atoms with Crippen molar-refractivity contribution in [2.24, 2.45) is 11.8 Å². The van der Waals surface area contributed by atoms with E-state index in [-0.39, 0.29) is 5.92 Å². The van der Waals surface area contributed by atoms with Crippen molar-refractivity contribution in [3.8, 4) is 0 Å². The highest BCUT2D eigenvalue weighted by molar-refractivity contribution is 5.79. The van der Waals surface area contributed by atoms with E-state index in [1.165, 1.54) is 0 Å².